The van der Waals surface area contributed by atoms with Crippen molar-refractivity contribution in [2.45, 2.75) is 37.3 Å². The highest BCUT2D eigenvalue weighted by Gasteiger charge is 2.48. The van der Waals surface area contributed by atoms with Crippen LogP contribution in [0.4, 0.5) is 0 Å². The number of hydrogen-bond acceptors (Lipinski definition) is 8. The summed E-state index contributed by atoms with van der Waals surface area (Å²) in [6.07, 6.45) is -8.11. The molecule has 1 aromatic rings. The highest BCUT2D eigenvalue weighted by atomic mass is 16.7. The van der Waals surface area contributed by atoms with E-state index in [0.29, 0.717) is 25.4 Å². The predicted molar refractivity (Wildman–Crippen MR) is 82.1 cm³/mol. The Kier molecular flexibility index (Phi) is 6.49. The molecule has 1 aliphatic heterocycles. The largest absolute Gasteiger partial charge is 0.479 e. The Hall–Kier alpha value is -1.75. The van der Waals surface area contributed by atoms with Crippen LogP contribution >= 0.6 is 0 Å². The Balaban J connectivity index is 1.99. The van der Waals surface area contributed by atoms with E-state index in [1.165, 1.54) is 0 Å². The number of benzene rings is 1. The number of nitrogens with two attached hydrogens (primary N) is 1. The minimum absolute atomic E-state index is 0.328. The predicted octanol–water partition coefficient (Wildman–Crippen LogP) is -1.99. The Labute approximate surface area is 138 Å². The number of rotatable bonds is 7. The van der Waals surface area contributed by atoms with Crippen molar-refractivity contribution in [3.8, 4) is 5.75 Å². The Bertz CT molecular complexity index is 539. The van der Waals surface area contributed by atoms with Crippen molar-refractivity contribution in [2.24, 2.45) is 5.73 Å². The zero-order chi connectivity index (χ0) is 17.7. The number of carbonyl (C=O) groups is 1. The van der Waals surface area contributed by atoms with Crippen LogP contribution < -0.4 is 15.8 Å². The SMILES string of the molecule is NCCNCc1ccc(OC2OC(C(=O)O)C(O)C(O)C2O)cc1. The van der Waals surface area contributed by atoms with E-state index in [1.54, 1.807) is 24.3 Å². The van der Waals surface area contributed by atoms with E-state index in [1.807, 2.05) is 0 Å². The first-order valence-corrected chi connectivity index (χ1v) is 7.53. The van der Waals surface area contributed by atoms with Crippen molar-refractivity contribution >= 4 is 5.97 Å². The average Bonchev–Trinajstić information content (AvgIpc) is 2.56. The van der Waals surface area contributed by atoms with Gasteiger partial charge in [0, 0.05) is 19.6 Å². The standard InChI is InChI=1S/C15H22N2O7/c16-5-6-17-7-8-1-3-9(4-2-8)23-15-12(20)10(18)11(19)13(24-15)14(21)22/h1-4,10-13,15,17-20H,5-7,16H2,(H,21,22). The zero-order valence-electron chi connectivity index (χ0n) is 12.9. The van der Waals surface area contributed by atoms with Crippen molar-refractivity contribution in [1.82, 2.24) is 5.32 Å². The highest BCUT2D eigenvalue weighted by molar-refractivity contribution is 5.73. The van der Waals surface area contributed by atoms with Crippen LogP contribution in [0.3, 0.4) is 0 Å². The van der Waals surface area contributed by atoms with E-state index in [0.717, 1.165) is 5.56 Å². The van der Waals surface area contributed by atoms with Crippen LogP contribution in [0, 0.1) is 0 Å². The van der Waals surface area contributed by atoms with Crippen molar-refractivity contribution in [2.75, 3.05) is 13.1 Å². The van der Waals surface area contributed by atoms with E-state index >= 15 is 0 Å². The van der Waals surface area contributed by atoms with Crippen molar-refractivity contribution in [1.29, 1.82) is 0 Å². The molecule has 134 valence electrons. The van der Waals surface area contributed by atoms with E-state index < -0.39 is 36.7 Å². The van der Waals surface area contributed by atoms with E-state index in [-0.39, 0.29) is 0 Å². The van der Waals surface area contributed by atoms with Gasteiger partial charge >= 0.3 is 5.97 Å². The maximum Gasteiger partial charge on any atom is 0.335 e. The molecule has 1 fully saturated rings. The van der Waals surface area contributed by atoms with Crippen LogP contribution in [-0.2, 0) is 16.1 Å². The van der Waals surface area contributed by atoms with Gasteiger partial charge in [-0.2, -0.15) is 0 Å². The van der Waals surface area contributed by atoms with Gasteiger partial charge in [-0.3, -0.25) is 0 Å². The second-order valence-corrected chi connectivity index (χ2v) is 5.46. The molecule has 24 heavy (non-hydrogen) atoms. The number of nitrogens with one attached hydrogen (secondary N) is 1. The van der Waals surface area contributed by atoms with Gasteiger partial charge in [0.1, 0.15) is 24.1 Å². The topological polar surface area (TPSA) is 154 Å². The van der Waals surface area contributed by atoms with Gasteiger partial charge < -0.3 is 41.0 Å². The molecule has 1 saturated heterocycles. The van der Waals surface area contributed by atoms with Gasteiger partial charge in [-0.15, -0.1) is 0 Å². The van der Waals surface area contributed by atoms with Crippen molar-refractivity contribution < 1.29 is 34.7 Å². The van der Waals surface area contributed by atoms with Gasteiger partial charge in [0.15, 0.2) is 6.10 Å². The molecule has 9 heteroatoms. The molecule has 1 aliphatic rings. The Morgan fingerprint density at radius 3 is 2.42 bits per heavy atom. The summed E-state index contributed by atoms with van der Waals surface area (Å²) in [5.41, 5.74) is 6.37. The summed E-state index contributed by atoms with van der Waals surface area (Å²) in [5.74, 6) is -1.13. The molecule has 0 aliphatic carbocycles. The summed E-state index contributed by atoms with van der Waals surface area (Å²) in [4.78, 5) is 11.0. The number of aliphatic carboxylic acids is 1. The third kappa shape index (κ3) is 4.41. The third-order valence-corrected chi connectivity index (χ3v) is 3.64. The fraction of sp³-hybridized carbons (Fsp3) is 0.533. The number of aliphatic hydroxyl groups excluding tert-OH is 3. The number of ether oxygens (including phenoxy) is 2. The van der Waals surface area contributed by atoms with Gasteiger partial charge in [0.25, 0.3) is 0 Å². The number of carboxylic acid groups (broad SMARTS) is 1. The molecule has 0 aromatic heterocycles. The molecule has 7 N–H and O–H groups in total. The summed E-state index contributed by atoms with van der Waals surface area (Å²) in [6, 6.07) is 6.83. The van der Waals surface area contributed by atoms with Gasteiger partial charge in [0.2, 0.25) is 6.29 Å². The van der Waals surface area contributed by atoms with Crippen LogP contribution in [0.2, 0.25) is 0 Å². The average molecular weight is 342 g/mol. The van der Waals surface area contributed by atoms with Gasteiger partial charge in [-0.1, -0.05) is 12.1 Å². The molecule has 0 radical (unpaired) electrons. The lowest BCUT2D eigenvalue weighted by molar-refractivity contribution is -0.271. The summed E-state index contributed by atoms with van der Waals surface area (Å²) in [7, 11) is 0. The first kappa shape index (κ1) is 18.6. The van der Waals surface area contributed by atoms with Gasteiger partial charge in [0.05, 0.1) is 0 Å². The first-order chi connectivity index (χ1) is 11.4. The van der Waals surface area contributed by atoms with E-state index in [9.17, 15) is 20.1 Å². The molecule has 0 bridgehead atoms. The van der Waals surface area contributed by atoms with E-state index in [2.05, 4.69) is 5.32 Å². The normalized spacial score (nSPS) is 30.1. The molecule has 5 unspecified atom stereocenters. The molecular weight excluding hydrogens is 320 g/mol. The van der Waals surface area contributed by atoms with Gasteiger partial charge in [-0.25, -0.2) is 4.79 Å². The third-order valence-electron chi connectivity index (χ3n) is 3.64. The smallest absolute Gasteiger partial charge is 0.335 e. The summed E-state index contributed by atoms with van der Waals surface area (Å²) >= 11 is 0. The lowest BCUT2D eigenvalue weighted by Gasteiger charge is -2.38. The summed E-state index contributed by atoms with van der Waals surface area (Å²) in [6.45, 7) is 1.86. The molecule has 0 spiro atoms. The van der Waals surface area contributed by atoms with Crippen LogP contribution in [0.25, 0.3) is 0 Å². The maximum absolute atomic E-state index is 11.0. The minimum Gasteiger partial charge on any atom is -0.479 e. The maximum atomic E-state index is 11.0. The minimum atomic E-state index is -1.74. The van der Waals surface area contributed by atoms with Crippen molar-refractivity contribution in [3.63, 3.8) is 0 Å². The monoisotopic (exact) mass is 342 g/mol. The quantitative estimate of drug-likeness (QED) is 0.309. The molecule has 1 heterocycles. The lowest BCUT2D eigenvalue weighted by atomic mass is 9.99. The van der Waals surface area contributed by atoms with Crippen molar-refractivity contribution in [3.05, 3.63) is 29.8 Å². The summed E-state index contributed by atoms with van der Waals surface area (Å²) in [5, 5.41) is 41.4. The molecular formula is C15H22N2O7. The zero-order valence-corrected chi connectivity index (χ0v) is 12.9. The Morgan fingerprint density at radius 1 is 1.17 bits per heavy atom. The molecule has 0 saturated carbocycles. The second kappa shape index (κ2) is 8.38. The fourth-order valence-electron chi connectivity index (χ4n) is 2.30. The van der Waals surface area contributed by atoms with Crippen LogP contribution in [-0.4, -0.2) is 70.2 Å². The molecule has 1 aromatic carbocycles. The Morgan fingerprint density at radius 2 is 1.83 bits per heavy atom. The number of hydrogen-bond donors (Lipinski definition) is 6. The number of aliphatic hydroxyl groups is 3. The lowest BCUT2D eigenvalue weighted by Crippen LogP contribution is -2.61. The molecule has 5 atom stereocenters. The van der Waals surface area contributed by atoms with E-state index in [4.69, 9.17) is 20.3 Å². The fourth-order valence-corrected chi connectivity index (χ4v) is 2.30. The first-order valence-electron chi connectivity index (χ1n) is 7.53. The van der Waals surface area contributed by atoms with Crippen LogP contribution in [0.15, 0.2) is 24.3 Å². The molecule has 9 nitrogen and oxygen atoms in total. The summed E-state index contributed by atoms with van der Waals surface area (Å²) < 4.78 is 10.4. The van der Waals surface area contributed by atoms with Crippen LogP contribution in [0.1, 0.15) is 5.56 Å². The molecule has 2 rings (SSSR count). The second-order valence-electron chi connectivity index (χ2n) is 5.46. The molecule has 0 amide bonds. The van der Waals surface area contributed by atoms with Crippen LogP contribution in [0.5, 0.6) is 5.75 Å². The highest BCUT2D eigenvalue weighted by Crippen LogP contribution is 2.24. The van der Waals surface area contributed by atoms with Gasteiger partial charge in [-0.05, 0) is 17.7 Å². The number of carboxylic acids is 1.